The number of halogens is 2. The van der Waals surface area contributed by atoms with Crippen LogP contribution in [0.25, 0.3) is 55.4 Å². The Morgan fingerprint density at radius 1 is 0.810 bits per heavy atom. The zero-order chi connectivity index (χ0) is 31.5. The van der Waals surface area contributed by atoms with Gasteiger partial charge in [0.05, 0.1) is 18.1 Å². The first-order valence-corrected chi connectivity index (χ1v) is 17.3. The minimum Gasteiger partial charge on any atom is -0.454 e. The van der Waals surface area contributed by atoms with Gasteiger partial charge in [0.25, 0.3) is 0 Å². The van der Waals surface area contributed by atoms with E-state index in [0.29, 0.717) is 22.3 Å². The number of rotatable bonds is 2. The minimum atomic E-state index is -1.99. The third-order valence-electron chi connectivity index (χ3n) is 8.89. The second-order valence-corrected chi connectivity index (χ2v) is 17.4. The monoisotopic (exact) mass is 576 g/mol. The molecule has 6 aromatic rings. The van der Waals surface area contributed by atoms with Crippen molar-refractivity contribution >= 4 is 40.4 Å². The summed E-state index contributed by atoms with van der Waals surface area (Å²) in [5.74, 6) is -1.09. The molecule has 0 amide bonds. The normalized spacial score (nSPS) is 14.7. The molecule has 1 aliphatic heterocycles. The van der Waals surface area contributed by atoms with E-state index in [2.05, 4.69) is 49.5 Å². The van der Waals surface area contributed by atoms with Gasteiger partial charge in [0.15, 0.2) is 6.17 Å². The highest BCUT2D eigenvalue weighted by atomic mass is 28.3. The van der Waals surface area contributed by atoms with E-state index in [1.54, 1.807) is 17.7 Å². The van der Waals surface area contributed by atoms with Crippen LogP contribution in [0.15, 0.2) is 83.4 Å². The Labute approximate surface area is 249 Å². The first-order valence-electron chi connectivity index (χ1n) is 15.3. The van der Waals surface area contributed by atoms with Crippen molar-refractivity contribution in [3.63, 3.8) is 0 Å². The molecule has 7 rings (SSSR count). The van der Waals surface area contributed by atoms with E-state index in [9.17, 15) is 0 Å². The van der Waals surface area contributed by atoms with Gasteiger partial charge in [0, 0.05) is 16.8 Å². The van der Waals surface area contributed by atoms with Gasteiger partial charge in [-0.15, -0.1) is 0 Å². The van der Waals surface area contributed by atoms with Crippen LogP contribution in [0.3, 0.4) is 0 Å². The van der Waals surface area contributed by atoms with Gasteiger partial charge >= 0.3 is 0 Å². The summed E-state index contributed by atoms with van der Waals surface area (Å²) in [4.78, 5) is 0. The van der Waals surface area contributed by atoms with Gasteiger partial charge in [-0.3, -0.25) is 0 Å². The third kappa shape index (κ3) is 3.76. The highest BCUT2D eigenvalue weighted by Gasteiger charge is 2.37. The van der Waals surface area contributed by atoms with Crippen LogP contribution in [0.1, 0.15) is 34.6 Å². The van der Waals surface area contributed by atoms with Crippen LogP contribution in [-0.2, 0) is 12.5 Å². The summed E-state index contributed by atoms with van der Waals surface area (Å²) in [5.41, 5.74) is 5.55. The molecule has 0 radical (unpaired) electrons. The van der Waals surface area contributed by atoms with Crippen molar-refractivity contribution in [1.82, 2.24) is 0 Å². The summed E-state index contributed by atoms with van der Waals surface area (Å²) in [7, 11) is -0.309. The average molecular weight is 577 g/mol. The highest BCUT2D eigenvalue weighted by Crippen LogP contribution is 2.42. The molecule has 0 aliphatic carbocycles. The van der Waals surface area contributed by atoms with Gasteiger partial charge < -0.3 is 4.42 Å². The summed E-state index contributed by atoms with van der Waals surface area (Å²) >= 11 is 0. The second-order valence-electron chi connectivity index (χ2n) is 13.0. The molecule has 0 spiro atoms. The van der Waals surface area contributed by atoms with E-state index < -0.39 is 19.3 Å². The fourth-order valence-corrected chi connectivity index (χ4v) is 9.75. The van der Waals surface area contributed by atoms with Gasteiger partial charge in [-0.1, -0.05) is 88.5 Å². The van der Waals surface area contributed by atoms with E-state index >= 15 is 8.78 Å². The number of pyridine rings is 1. The lowest BCUT2D eigenvalue weighted by Gasteiger charge is -2.19. The lowest BCUT2D eigenvalue weighted by molar-refractivity contribution is -0.661. The lowest BCUT2D eigenvalue weighted by atomic mass is 9.87. The van der Waals surface area contributed by atoms with Crippen molar-refractivity contribution in [3.05, 3.63) is 102 Å². The van der Waals surface area contributed by atoms with Crippen molar-refractivity contribution in [1.29, 1.82) is 0 Å². The molecule has 0 unspecified atom stereocenters. The Morgan fingerprint density at radius 2 is 1.48 bits per heavy atom. The molecular formula is C37H34F2NOSi+. The van der Waals surface area contributed by atoms with Crippen molar-refractivity contribution in [3.8, 4) is 33.5 Å². The fraction of sp³-hybridized carbons (Fsp3) is 0.216. The van der Waals surface area contributed by atoms with E-state index in [4.69, 9.17) is 7.16 Å². The summed E-state index contributed by atoms with van der Waals surface area (Å²) in [5, 5.41) is 4.14. The maximum Gasteiger partial charge on any atom is 0.219 e. The van der Waals surface area contributed by atoms with Crippen LogP contribution < -0.4 is 14.9 Å². The van der Waals surface area contributed by atoms with Crippen molar-refractivity contribution in [2.24, 2.45) is 7.05 Å². The van der Waals surface area contributed by atoms with E-state index in [-0.39, 0.29) is 29.3 Å². The second kappa shape index (κ2) is 8.95. The molecule has 42 heavy (non-hydrogen) atoms. The molecule has 0 saturated heterocycles. The number of nitrogens with zero attached hydrogens (tertiary/aromatic N) is 1. The Morgan fingerprint density at radius 3 is 2.21 bits per heavy atom. The van der Waals surface area contributed by atoms with Crippen LogP contribution in [0, 0.1) is 18.6 Å². The van der Waals surface area contributed by atoms with Crippen molar-refractivity contribution < 1.29 is 20.5 Å². The standard InChI is InChI=1S/C37H34F2NOSi/c1-21-12-14-25-26-16-17-28(38)34(22-13-15-24-23-10-8-9-11-31(23)42(6,7)32(24)18-22)36(26)41-35(25)33(21)30-19-29(39)27(20-40(30)5)37(2,3)4/h8-20H,1-7H3/q+1/i19D,20D. The first kappa shape index (κ1) is 24.5. The Balaban J connectivity index is 1.51. The summed E-state index contributed by atoms with van der Waals surface area (Å²) in [6.45, 7) is 12.1. The summed E-state index contributed by atoms with van der Waals surface area (Å²) < 4.78 is 57.6. The predicted octanol–water partition coefficient (Wildman–Crippen LogP) is 8.43. The smallest absolute Gasteiger partial charge is 0.219 e. The highest BCUT2D eigenvalue weighted by molar-refractivity contribution is 7.03. The fourth-order valence-electron chi connectivity index (χ4n) is 6.65. The Bertz CT molecular complexity index is 2180. The number of furan rings is 1. The molecule has 2 aromatic heterocycles. The predicted molar refractivity (Wildman–Crippen MR) is 171 cm³/mol. The number of aromatic nitrogens is 1. The maximum absolute atomic E-state index is 15.9. The molecule has 0 atom stereocenters. The molecule has 3 heterocycles. The zero-order valence-electron chi connectivity index (χ0n) is 27.0. The first-order chi connectivity index (χ1) is 20.7. The number of benzene rings is 4. The van der Waals surface area contributed by atoms with E-state index in [1.807, 2.05) is 45.9 Å². The minimum absolute atomic E-state index is 0.00571. The molecule has 2 nitrogen and oxygen atoms in total. The molecule has 0 fully saturated rings. The van der Waals surface area contributed by atoms with Crippen LogP contribution in [0.5, 0.6) is 0 Å². The van der Waals surface area contributed by atoms with Crippen molar-refractivity contribution in [2.75, 3.05) is 0 Å². The van der Waals surface area contributed by atoms with Gasteiger partial charge in [0.1, 0.15) is 39.3 Å². The Hall–Kier alpha value is -4.09. The van der Waals surface area contributed by atoms with Crippen LogP contribution in [-0.4, -0.2) is 8.07 Å². The molecule has 5 heteroatoms. The van der Waals surface area contributed by atoms with Crippen LogP contribution >= 0.6 is 0 Å². The van der Waals surface area contributed by atoms with E-state index in [1.165, 1.54) is 27.6 Å². The van der Waals surface area contributed by atoms with Gasteiger partial charge in [0.2, 0.25) is 5.69 Å². The topological polar surface area (TPSA) is 17.0 Å². The molecule has 0 N–H and O–H groups in total. The van der Waals surface area contributed by atoms with Crippen LogP contribution in [0.4, 0.5) is 8.78 Å². The molecule has 0 bridgehead atoms. The molecule has 1 aliphatic rings. The van der Waals surface area contributed by atoms with Gasteiger partial charge in [-0.2, -0.15) is 0 Å². The molecule has 210 valence electrons. The largest absolute Gasteiger partial charge is 0.454 e. The van der Waals surface area contributed by atoms with E-state index in [0.717, 1.165) is 21.9 Å². The van der Waals surface area contributed by atoms with Gasteiger partial charge in [-0.25, -0.2) is 13.3 Å². The number of aryl methyl sites for hydroxylation is 1. The summed E-state index contributed by atoms with van der Waals surface area (Å²) in [6, 6.07) is 21.5. The third-order valence-corrected chi connectivity index (χ3v) is 12.4. The molecular weight excluding hydrogens is 540 g/mol. The molecule has 0 saturated carbocycles. The SMILES string of the molecule is [2H]c1c(F)c(C(C)(C)C)c([2H])[n+](C)c1-c1c(C)ccc2c1oc1c(-c3ccc4c(c3)[Si](C)(C)c3ccccc3-4)c(F)ccc12. The van der Waals surface area contributed by atoms with Crippen LogP contribution in [0.2, 0.25) is 13.1 Å². The summed E-state index contributed by atoms with van der Waals surface area (Å²) in [6.07, 6.45) is 0.00571. The maximum atomic E-state index is 15.9. The quantitative estimate of drug-likeness (QED) is 0.149. The Kier molecular flexibility index (Phi) is 5.22. The number of hydrogen-bond donors (Lipinski definition) is 0. The average Bonchev–Trinajstić information content (AvgIpc) is 3.44. The van der Waals surface area contributed by atoms with Crippen molar-refractivity contribution in [2.45, 2.75) is 46.2 Å². The molecule has 4 aromatic carbocycles. The van der Waals surface area contributed by atoms with Gasteiger partial charge in [-0.05, 0) is 57.1 Å². The zero-order valence-corrected chi connectivity index (χ0v) is 26.0. The lowest BCUT2D eigenvalue weighted by Crippen LogP contribution is -2.49. The number of hydrogen-bond acceptors (Lipinski definition) is 1. The number of fused-ring (bicyclic) bond motifs is 6.